The Morgan fingerprint density at radius 1 is 1.42 bits per heavy atom. The zero-order valence-electron chi connectivity index (χ0n) is 10.8. The van der Waals surface area contributed by atoms with Crippen LogP contribution in [0.25, 0.3) is 0 Å². The predicted octanol–water partition coefficient (Wildman–Crippen LogP) is 2.34. The third-order valence-corrected chi connectivity index (χ3v) is 2.78. The van der Waals surface area contributed by atoms with Crippen molar-refractivity contribution in [3.05, 3.63) is 47.4 Å². The Hall–Kier alpha value is -2.27. The van der Waals surface area contributed by atoms with E-state index in [4.69, 9.17) is 9.15 Å². The third-order valence-electron chi connectivity index (χ3n) is 2.78. The second-order valence-electron chi connectivity index (χ2n) is 4.07. The van der Waals surface area contributed by atoms with Crippen LogP contribution in [0.1, 0.15) is 21.7 Å². The molecule has 5 nitrogen and oxygen atoms in total. The summed E-state index contributed by atoms with van der Waals surface area (Å²) in [6, 6.07) is 6.78. The fourth-order valence-electron chi connectivity index (χ4n) is 1.77. The number of aryl methyl sites for hydroxylation is 1. The molecule has 0 bridgehead atoms. The number of ether oxygens (including phenoxy) is 1. The molecule has 1 aromatic carbocycles. The molecule has 19 heavy (non-hydrogen) atoms. The van der Waals surface area contributed by atoms with Gasteiger partial charge in [0.05, 0.1) is 20.0 Å². The molecular formula is C14H15NO4. The van der Waals surface area contributed by atoms with Crippen LogP contribution in [0.5, 0.6) is 5.75 Å². The Labute approximate surface area is 110 Å². The topological polar surface area (TPSA) is 71.7 Å². The number of anilines is 1. The SMILES string of the molecule is COc1ccc(NC(=O)c2occc2C)cc1CO. The van der Waals surface area contributed by atoms with E-state index in [1.165, 1.54) is 13.4 Å². The van der Waals surface area contributed by atoms with Crippen molar-refractivity contribution in [1.82, 2.24) is 0 Å². The summed E-state index contributed by atoms with van der Waals surface area (Å²) in [5, 5.41) is 11.9. The van der Waals surface area contributed by atoms with Crippen LogP contribution in [0.2, 0.25) is 0 Å². The highest BCUT2D eigenvalue weighted by atomic mass is 16.5. The van der Waals surface area contributed by atoms with Crippen LogP contribution in [-0.4, -0.2) is 18.1 Å². The summed E-state index contributed by atoms with van der Waals surface area (Å²) < 4.78 is 10.2. The maximum absolute atomic E-state index is 12.0. The van der Waals surface area contributed by atoms with Gasteiger partial charge in [-0.15, -0.1) is 0 Å². The Kier molecular flexibility index (Phi) is 3.87. The average molecular weight is 261 g/mol. The lowest BCUT2D eigenvalue weighted by molar-refractivity contribution is 0.0996. The first kappa shape index (κ1) is 13.2. The predicted molar refractivity (Wildman–Crippen MR) is 70.3 cm³/mol. The molecule has 0 aliphatic carbocycles. The molecule has 100 valence electrons. The van der Waals surface area contributed by atoms with E-state index in [0.717, 1.165) is 5.56 Å². The van der Waals surface area contributed by atoms with Gasteiger partial charge < -0.3 is 19.6 Å². The van der Waals surface area contributed by atoms with Crippen molar-refractivity contribution in [2.45, 2.75) is 13.5 Å². The zero-order chi connectivity index (χ0) is 13.8. The molecule has 0 radical (unpaired) electrons. The number of carbonyl (C=O) groups is 1. The smallest absolute Gasteiger partial charge is 0.291 e. The summed E-state index contributed by atoms with van der Waals surface area (Å²) in [5.41, 5.74) is 1.95. The van der Waals surface area contributed by atoms with Gasteiger partial charge in [0.25, 0.3) is 5.91 Å². The van der Waals surface area contributed by atoms with Crippen molar-refractivity contribution >= 4 is 11.6 Å². The van der Waals surface area contributed by atoms with E-state index in [1.54, 1.807) is 31.2 Å². The highest BCUT2D eigenvalue weighted by molar-refractivity contribution is 6.03. The van der Waals surface area contributed by atoms with Gasteiger partial charge in [-0.1, -0.05) is 0 Å². The standard InChI is InChI=1S/C14H15NO4/c1-9-5-6-19-13(9)14(17)15-11-3-4-12(18-2)10(7-11)8-16/h3-7,16H,8H2,1-2H3,(H,15,17). The molecule has 1 aromatic heterocycles. The number of aliphatic hydroxyl groups is 1. The highest BCUT2D eigenvalue weighted by Crippen LogP contribution is 2.23. The van der Waals surface area contributed by atoms with Gasteiger partial charge in [-0.25, -0.2) is 0 Å². The number of rotatable bonds is 4. The molecule has 0 aliphatic rings. The van der Waals surface area contributed by atoms with E-state index in [2.05, 4.69) is 5.32 Å². The fourth-order valence-corrected chi connectivity index (χ4v) is 1.77. The van der Waals surface area contributed by atoms with Gasteiger partial charge in [0.2, 0.25) is 0 Å². The number of benzene rings is 1. The van der Waals surface area contributed by atoms with Gasteiger partial charge in [0.15, 0.2) is 5.76 Å². The maximum Gasteiger partial charge on any atom is 0.291 e. The van der Waals surface area contributed by atoms with Gasteiger partial charge >= 0.3 is 0 Å². The van der Waals surface area contributed by atoms with Gasteiger partial charge in [0.1, 0.15) is 5.75 Å². The molecule has 2 N–H and O–H groups in total. The summed E-state index contributed by atoms with van der Waals surface area (Å²) in [4.78, 5) is 12.0. The highest BCUT2D eigenvalue weighted by Gasteiger charge is 2.13. The minimum absolute atomic E-state index is 0.160. The Balaban J connectivity index is 2.20. The maximum atomic E-state index is 12.0. The summed E-state index contributed by atoms with van der Waals surface area (Å²) in [6.07, 6.45) is 1.47. The summed E-state index contributed by atoms with van der Waals surface area (Å²) in [5.74, 6) is 0.535. The summed E-state index contributed by atoms with van der Waals surface area (Å²) in [7, 11) is 1.53. The minimum Gasteiger partial charge on any atom is -0.496 e. The van der Waals surface area contributed by atoms with Crippen LogP contribution in [0.15, 0.2) is 34.9 Å². The molecule has 0 spiro atoms. The lowest BCUT2D eigenvalue weighted by atomic mass is 10.2. The molecule has 0 aliphatic heterocycles. The monoisotopic (exact) mass is 261 g/mol. The molecule has 1 heterocycles. The molecule has 2 aromatic rings. The number of furan rings is 1. The van der Waals surface area contributed by atoms with Crippen LogP contribution in [-0.2, 0) is 6.61 Å². The summed E-state index contributed by atoms with van der Waals surface area (Å²) in [6.45, 7) is 1.64. The van der Waals surface area contributed by atoms with Crippen LogP contribution in [0, 0.1) is 6.92 Å². The lowest BCUT2D eigenvalue weighted by Crippen LogP contribution is -2.12. The number of aliphatic hydroxyl groups excluding tert-OH is 1. The first-order valence-corrected chi connectivity index (χ1v) is 5.79. The van der Waals surface area contributed by atoms with Gasteiger partial charge in [-0.2, -0.15) is 0 Å². The lowest BCUT2D eigenvalue weighted by Gasteiger charge is -2.09. The second-order valence-corrected chi connectivity index (χ2v) is 4.07. The van der Waals surface area contributed by atoms with Crippen LogP contribution < -0.4 is 10.1 Å². The van der Waals surface area contributed by atoms with Crippen LogP contribution in [0.4, 0.5) is 5.69 Å². The number of hydrogen-bond donors (Lipinski definition) is 2. The number of amides is 1. The third kappa shape index (κ3) is 2.77. The number of nitrogens with one attached hydrogen (secondary N) is 1. The fraction of sp³-hybridized carbons (Fsp3) is 0.214. The van der Waals surface area contributed by atoms with Crippen molar-refractivity contribution in [2.75, 3.05) is 12.4 Å². The van der Waals surface area contributed by atoms with Crippen molar-refractivity contribution in [1.29, 1.82) is 0 Å². The van der Waals surface area contributed by atoms with E-state index in [9.17, 15) is 9.90 Å². The minimum atomic E-state index is -0.323. The summed E-state index contributed by atoms with van der Waals surface area (Å²) >= 11 is 0. The number of hydrogen-bond acceptors (Lipinski definition) is 4. The zero-order valence-corrected chi connectivity index (χ0v) is 10.8. The van der Waals surface area contributed by atoms with Crippen molar-refractivity contribution in [3.63, 3.8) is 0 Å². The van der Waals surface area contributed by atoms with Gasteiger partial charge in [-0.3, -0.25) is 4.79 Å². The first-order valence-electron chi connectivity index (χ1n) is 5.79. The van der Waals surface area contributed by atoms with Gasteiger partial charge in [0, 0.05) is 16.8 Å². The Morgan fingerprint density at radius 3 is 2.79 bits per heavy atom. The van der Waals surface area contributed by atoms with Crippen molar-refractivity contribution in [3.8, 4) is 5.75 Å². The van der Waals surface area contributed by atoms with E-state index < -0.39 is 0 Å². The molecule has 0 atom stereocenters. The first-order chi connectivity index (χ1) is 9.15. The Bertz CT molecular complexity index is 589. The number of methoxy groups -OCH3 is 1. The van der Waals surface area contributed by atoms with Crippen molar-refractivity contribution < 1.29 is 19.1 Å². The van der Waals surface area contributed by atoms with E-state index in [1.807, 2.05) is 0 Å². The molecule has 2 rings (SSSR count). The molecule has 0 saturated heterocycles. The average Bonchev–Trinajstić information content (AvgIpc) is 2.85. The van der Waals surface area contributed by atoms with Crippen molar-refractivity contribution in [2.24, 2.45) is 0 Å². The second kappa shape index (κ2) is 5.58. The molecule has 0 saturated carbocycles. The molecule has 5 heteroatoms. The van der Waals surface area contributed by atoms with E-state index >= 15 is 0 Å². The Morgan fingerprint density at radius 2 is 2.21 bits per heavy atom. The molecular weight excluding hydrogens is 246 g/mol. The van der Waals surface area contributed by atoms with E-state index in [-0.39, 0.29) is 18.3 Å². The van der Waals surface area contributed by atoms with Gasteiger partial charge in [-0.05, 0) is 31.2 Å². The molecule has 0 fully saturated rings. The quantitative estimate of drug-likeness (QED) is 0.886. The number of carbonyl (C=O) groups excluding carboxylic acids is 1. The van der Waals surface area contributed by atoms with Crippen LogP contribution >= 0.6 is 0 Å². The molecule has 0 unspecified atom stereocenters. The van der Waals surface area contributed by atoms with E-state index in [0.29, 0.717) is 17.0 Å². The van der Waals surface area contributed by atoms with Crippen LogP contribution in [0.3, 0.4) is 0 Å². The normalized spacial score (nSPS) is 10.3. The largest absolute Gasteiger partial charge is 0.496 e. The molecule has 1 amide bonds.